The topological polar surface area (TPSA) is 29.3 Å². The number of aromatic nitrogens is 2. The molecule has 0 aromatic carbocycles. The predicted octanol–water partition coefficient (Wildman–Crippen LogP) is 1.81. The molecule has 70 valence electrons. The number of halogens is 1. The van der Waals surface area contributed by atoms with E-state index in [2.05, 4.69) is 10.3 Å². The smallest absolute Gasteiger partial charge is 0.195 e. The van der Waals surface area contributed by atoms with Crippen molar-refractivity contribution >= 4 is 27.9 Å². The van der Waals surface area contributed by atoms with Gasteiger partial charge in [0.25, 0.3) is 0 Å². The lowest BCUT2D eigenvalue weighted by atomic mass is 10.3. The summed E-state index contributed by atoms with van der Waals surface area (Å²) in [6, 6.07) is 0. The van der Waals surface area contributed by atoms with Gasteiger partial charge in [0.15, 0.2) is 10.1 Å². The van der Waals surface area contributed by atoms with E-state index in [0.29, 0.717) is 5.15 Å². The van der Waals surface area contributed by atoms with Gasteiger partial charge >= 0.3 is 0 Å². The minimum atomic E-state index is 0.627. The van der Waals surface area contributed by atoms with Crippen LogP contribution in [0.25, 0.3) is 4.96 Å². The van der Waals surface area contributed by atoms with Gasteiger partial charge in [0.05, 0.1) is 5.69 Å². The second-order valence-corrected chi connectivity index (χ2v) is 3.99. The average Bonchev–Trinajstić information content (AvgIpc) is 2.62. The highest BCUT2D eigenvalue weighted by Gasteiger charge is 2.09. The molecule has 0 saturated carbocycles. The molecule has 0 atom stereocenters. The van der Waals surface area contributed by atoms with Crippen molar-refractivity contribution in [1.82, 2.24) is 14.7 Å². The molecule has 0 aliphatic heterocycles. The maximum atomic E-state index is 5.99. The number of hydrogen-bond donors (Lipinski definition) is 1. The summed E-state index contributed by atoms with van der Waals surface area (Å²) in [4.78, 5) is 5.21. The molecular formula is C8H10ClN3S. The van der Waals surface area contributed by atoms with Gasteiger partial charge in [0.1, 0.15) is 0 Å². The van der Waals surface area contributed by atoms with Crippen molar-refractivity contribution in [3.05, 3.63) is 22.4 Å². The molecule has 0 bridgehead atoms. The molecule has 0 saturated heterocycles. The van der Waals surface area contributed by atoms with E-state index >= 15 is 0 Å². The number of rotatable bonds is 3. The number of nitrogens with one attached hydrogen (secondary N) is 1. The van der Waals surface area contributed by atoms with E-state index < -0.39 is 0 Å². The highest BCUT2D eigenvalue weighted by atomic mass is 35.5. The second kappa shape index (κ2) is 3.65. The van der Waals surface area contributed by atoms with Crippen LogP contribution in [0.5, 0.6) is 0 Å². The fourth-order valence-corrected chi connectivity index (χ4v) is 2.32. The zero-order valence-electron chi connectivity index (χ0n) is 7.25. The minimum absolute atomic E-state index is 0.627. The highest BCUT2D eigenvalue weighted by Crippen LogP contribution is 2.21. The molecule has 2 heterocycles. The predicted molar refractivity (Wildman–Crippen MR) is 55.7 cm³/mol. The lowest BCUT2D eigenvalue weighted by Gasteiger charge is -1.98. The first-order valence-electron chi connectivity index (χ1n) is 4.07. The summed E-state index contributed by atoms with van der Waals surface area (Å²) in [6.45, 7) is 0.920. The van der Waals surface area contributed by atoms with Gasteiger partial charge in [-0.05, 0) is 7.05 Å². The molecule has 0 spiro atoms. The van der Waals surface area contributed by atoms with Crippen molar-refractivity contribution in [1.29, 1.82) is 0 Å². The Hall–Kier alpha value is -0.580. The summed E-state index contributed by atoms with van der Waals surface area (Å²) < 4.78 is 2.05. The summed E-state index contributed by atoms with van der Waals surface area (Å²) in [5, 5.41) is 5.74. The number of hydrogen-bond acceptors (Lipinski definition) is 3. The van der Waals surface area contributed by atoms with Gasteiger partial charge in [-0.2, -0.15) is 0 Å². The first-order valence-corrected chi connectivity index (χ1v) is 5.33. The van der Waals surface area contributed by atoms with Crippen LogP contribution in [0.1, 0.15) is 5.69 Å². The first-order chi connectivity index (χ1) is 6.33. The third kappa shape index (κ3) is 1.57. The monoisotopic (exact) mass is 215 g/mol. The van der Waals surface area contributed by atoms with Crippen LogP contribution in [0.3, 0.4) is 0 Å². The zero-order valence-corrected chi connectivity index (χ0v) is 8.82. The summed E-state index contributed by atoms with van der Waals surface area (Å²) >= 11 is 7.59. The van der Waals surface area contributed by atoms with E-state index in [1.165, 1.54) is 0 Å². The standard InChI is InChI=1S/C8H10ClN3S/c1-10-3-2-6-7(9)11-8-12(6)4-5-13-8/h4-5,10H,2-3H2,1H3. The van der Waals surface area contributed by atoms with Crippen molar-refractivity contribution < 1.29 is 0 Å². The van der Waals surface area contributed by atoms with Crippen molar-refractivity contribution in [3.8, 4) is 0 Å². The van der Waals surface area contributed by atoms with Crippen LogP contribution in [0.15, 0.2) is 11.6 Å². The lowest BCUT2D eigenvalue weighted by molar-refractivity contribution is 0.772. The van der Waals surface area contributed by atoms with Gasteiger partial charge in [-0.15, -0.1) is 11.3 Å². The van der Waals surface area contributed by atoms with Gasteiger partial charge in [-0.1, -0.05) is 11.6 Å². The maximum Gasteiger partial charge on any atom is 0.195 e. The quantitative estimate of drug-likeness (QED) is 0.847. The number of thiazole rings is 1. The number of fused-ring (bicyclic) bond motifs is 1. The fraction of sp³-hybridized carbons (Fsp3) is 0.375. The summed E-state index contributed by atoms with van der Waals surface area (Å²) in [5.41, 5.74) is 1.09. The molecule has 0 aliphatic rings. The van der Waals surface area contributed by atoms with Gasteiger partial charge in [0.2, 0.25) is 0 Å². The highest BCUT2D eigenvalue weighted by molar-refractivity contribution is 7.15. The summed E-state index contributed by atoms with van der Waals surface area (Å²) in [7, 11) is 1.93. The van der Waals surface area contributed by atoms with Crippen molar-refractivity contribution in [2.24, 2.45) is 0 Å². The molecule has 2 aromatic rings. The van der Waals surface area contributed by atoms with Crippen LogP contribution in [0.4, 0.5) is 0 Å². The molecule has 0 amide bonds. The number of imidazole rings is 1. The largest absolute Gasteiger partial charge is 0.319 e. The molecule has 0 aliphatic carbocycles. The minimum Gasteiger partial charge on any atom is -0.319 e. The molecule has 0 fully saturated rings. The van der Waals surface area contributed by atoms with Crippen molar-refractivity contribution in [3.63, 3.8) is 0 Å². The number of nitrogens with zero attached hydrogens (tertiary/aromatic N) is 2. The van der Waals surface area contributed by atoms with E-state index in [1.807, 2.05) is 23.0 Å². The summed E-state index contributed by atoms with van der Waals surface area (Å²) in [5.74, 6) is 0. The molecule has 5 heteroatoms. The van der Waals surface area contributed by atoms with E-state index in [4.69, 9.17) is 11.6 Å². The van der Waals surface area contributed by atoms with Gasteiger partial charge < -0.3 is 5.32 Å². The van der Waals surface area contributed by atoms with E-state index in [-0.39, 0.29) is 0 Å². The average molecular weight is 216 g/mol. The van der Waals surface area contributed by atoms with Crippen LogP contribution >= 0.6 is 22.9 Å². The van der Waals surface area contributed by atoms with Crippen molar-refractivity contribution in [2.45, 2.75) is 6.42 Å². The number of likely N-dealkylation sites (N-methyl/N-ethyl adjacent to an activating group) is 1. The Morgan fingerprint density at radius 2 is 2.54 bits per heavy atom. The van der Waals surface area contributed by atoms with Crippen LogP contribution in [-0.2, 0) is 6.42 Å². The maximum absolute atomic E-state index is 5.99. The second-order valence-electron chi connectivity index (χ2n) is 2.76. The van der Waals surface area contributed by atoms with Crippen LogP contribution in [0.2, 0.25) is 5.15 Å². The Morgan fingerprint density at radius 3 is 3.31 bits per heavy atom. The van der Waals surface area contributed by atoms with E-state index in [1.54, 1.807) is 11.3 Å². The SMILES string of the molecule is CNCCc1c(Cl)nc2sccn12. The van der Waals surface area contributed by atoms with Gasteiger partial charge in [-0.25, -0.2) is 4.98 Å². The van der Waals surface area contributed by atoms with Crippen LogP contribution in [0, 0.1) is 0 Å². The molecular weight excluding hydrogens is 206 g/mol. The molecule has 1 N–H and O–H groups in total. The van der Waals surface area contributed by atoms with Crippen molar-refractivity contribution in [2.75, 3.05) is 13.6 Å². The third-order valence-corrected chi connectivity index (χ3v) is 2.98. The third-order valence-electron chi connectivity index (χ3n) is 1.92. The Kier molecular flexibility index (Phi) is 2.53. The molecule has 0 radical (unpaired) electrons. The van der Waals surface area contributed by atoms with Crippen LogP contribution in [-0.4, -0.2) is 23.0 Å². The van der Waals surface area contributed by atoms with E-state index in [0.717, 1.165) is 23.6 Å². The summed E-state index contributed by atoms with van der Waals surface area (Å²) in [6.07, 6.45) is 2.91. The van der Waals surface area contributed by atoms with Gasteiger partial charge in [0, 0.05) is 24.5 Å². The Labute approximate surface area is 85.4 Å². The van der Waals surface area contributed by atoms with E-state index in [9.17, 15) is 0 Å². The molecule has 2 rings (SSSR count). The normalized spacial score (nSPS) is 11.2. The Bertz CT molecular complexity index is 406. The molecule has 2 aromatic heterocycles. The van der Waals surface area contributed by atoms with Gasteiger partial charge in [-0.3, -0.25) is 4.40 Å². The fourth-order valence-electron chi connectivity index (χ4n) is 1.27. The zero-order chi connectivity index (χ0) is 9.26. The first kappa shape index (κ1) is 8.99. The lowest BCUT2D eigenvalue weighted by Crippen LogP contribution is -2.11. The molecule has 13 heavy (non-hydrogen) atoms. The molecule has 0 unspecified atom stereocenters. The Morgan fingerprint density at radius 1 is 1.69 bits per heavy atom. The Balaban J connectivity index is 2.39. The van der Waals surface area contributed by atoms with Crippen LogP contribution < -0.4 is 5.32 Å². The molecule has 3 nitrogen and oxygen atoms in total.